The molecular weight excluding hydrogens is 540 g/mol. The summed E-state index contributed by atoms with van der Waals surface area (Å²) >= 11 is 0. The summed E-state index contributed by atoms with van der Waals surface area (Å²) in [5.41, 5.74) is 19.2. The number of rotatable bonds is 18. The summed E-state index contributed by atoms with van der Waals surface area (Å²) < 4.78 is 0. The van der Waals surface area contributed by atoms with E-state index in [0.29, 0.717) is 19.3 Å². The van der Waals surface area contributed by atoms with E-state index in [1.54, 1.807) is 5.32 Å². The van der Waals surface area contributed by atoms with E-state index in [2.05, 4.69) is 11.1 Å². The highest BCUT2D eigenvalue weighted by Gasteiger charge is 2.03. The Morgan fingerprint density at radius 1 is 0.750 bits per heavy atom. The monoisotopic (exact) mass is 590 g/mol. The van der Waals surface area contributed by atoms with Gasteiger partial charge < -0.3 is 73.5 Å². The van der Waals surface area contributed by atoms with Crippen molar-refractivity contribution in [2.75, 3.05) is 40.5 Å². The summed E-state index contributed by atoms with van der Waals surface area (Å²) in [4.78, 5) is 60.5. The number of nitrogens with two attached hydrogens (primary N) is 5. The molecule has 0 aromatic rings. The summed E-state index contributed by atoms with van der Waals surface area (Å²) in [5.74, 6) is -3.50. The van der Waals surface area contributed by atoms with Gasteiger partial charge in [0.05, 0.1) is 44.6 Å². The van der Waals surface area contributed by atoms with E-state index in [1.807, 2.05) is 7.05 Å². The van der Waals surface area contributed by atoms with Crippen molar-refractivity contribution in [3.8, 4) is 0 Å². The van der Waals surface area contributed by atoms with Gasteiger partial charge in [-0.05, 0) is 57.8 Å². The average Bonchev–Trinajstić information content (AvgIpc) is 2.94. The van der Waals surface area contributed by atoms with Crippen molar-refractivity contribution >= 4 is 24.1 Å². The Balaban J connectivity index is -0.0000000973. The normalized spacial score (nSPS) is 11.1. The van der Waals surface area contributed by atoms with Crippen LogP contribution in [0.5, 0.6) is 0 Å². The molecule has 0 amide bonds. The number of unbranched alkanes of at least 4 members (excludes halogenated alkanes) is 3. The topological polar surface area (TPSA) is 368 Å². The van der Waals surface area contributed by atoms with Gasteiger partial charge in [-0.25, -0.2) is 0 Å². The molecule has 3 atom stereocenters. The number of aliphatic hydroxyl groups is 2. The van der Waals surface area contributed by atoms with Crippen LogP contribution >= 0.6 is 0 Å². The van der Waals surface area contributed by atoms with Crippen LogP contribution in [-0.4, -0.2) is 92.9 Å². The molecule has 0 spiro atoms. The zero-order chi connectivity index (χ0) is 32.8. The third-order valence-electron chi connectivity index (χ3n) is 4.48. The lowest BCUT2D eigenvalue weighted by atomic mass is 10.1. The van der Waals surface area contributed by atoms with Crippen LogP contribution in [0, 0.1) is 9.93 Å². The van der Waals surface area contributed by atoms with Crippen molar-refractivity contribution in [2.24, 2.45) is 17.2 Å². The lowest BCUT2D eigenvalue weighted by Crippen LogP contribution is -2.84. The van der Waals surface area contributed by atoms with Crippen molar-refractivity contribution in [1.82, 2.24) is 0 Å². The van der Waals surface area contributed by atoms with Crippen LogP contribution in [0.1, 0.15) is 57.8 Å². The maximum absolute atomic E-state index is 10.1. The molecule has 240 valence electrons. The van der Waals surface area contributed by atoms with Gasteiger partial charge in [0.1, 0.15) is 0 Å². The van der Waals surface area contributed by atoms with Gasteiger partial charge in [0.15, 0.2) is 6.73 Å². The quantitative estimate of drug-likeness (QED) is 0.0542. The standard InChI is InChI=1S/C7H16N2O3.C7H16N2O2.C6H14N2O2.CO2.CH4O.O2/c8-6(7(11)12)3-1-2-4-9-5-10;1-9-5-3-2-4-6(8)7(10)11;7-4-2-1-3-5(8)6(9)10;2-1-3;2*1-2/h6,9-10H,1-5,8H2,(H,11,12);6,9H,2-5,8H2,1H3,(H,10,11);5H,1-4,7-8H2,(H,9,10);;2H,1H3;. The Kier molecular flexibility index (Phi) is 57.4. The number of aliphatic hydroxyl groups excluding tert-OH is 2. The fraction of sp³-hybridized carbons (Fsp3) is 0.818. The van der Waals surface area contributed by atoms with Crippen molar-refractivity contribution in [3.05, 3.63) is 9.93 Å². The van der Waals surface area contributed by atoms with Gasteiger partial charge >= 0.3 is 6.15 Å². The summed E-state index contributed by atoms with van der Waals surface area (Å²) in [6.45, 7) is 2.74. The Labute approximate surface area is 234 Å². The first kappa shape index (κ1) is 50.0. The molecule has 0 radical (unpaired) electrons. The van der Waals surface area contributed by atoms with Gasteiger partial charge in [-0.15, -0.1) is 0 Å². The molecule has 0 saturated heterocycles. The fourth-order valence-electron chi connectivity index (χ4n) is 2.35. The Morgan fingerprint density at radius 2 is 1.05 bits per heavy atom. The molecular formula is C22H50N6O12. The van der Waals surface area contributed by atoms with Gasteiger partial charge in [0.25, 0.3) is 0 Å². The summed E-state index contributed by atoms with van der Waals surface area (Å²) in [7, 11) is 2.98. The number of hydrogen-bond donors (Lipinski definition) is 8. The first-order valence-corrected chi connectivity index (χ1v) is 12.5. The summed E-state index contributed by atoms with van der Waals surface area (Å²) in [5, 5.41) is 49.5. The third kappa shape index (κ3) is 55.6. The highest BCUT2D eigenvalue weighted by molar-refractivity contribution is 5.71. The first-order valence-electron chi connectivity index (χ1n) is 12.5. The summed E-state index contributed by atoms with van der Waals surface area (Å²) in [6.07, 6.45) is 6.96. The van der Waals surface area contributed by atoms with Crippen LogP contribution in [0.2, 0.25) is 0 Å². The van der Waals surface area contributed by atoms with Crippen LogP contribution in [0.25, 0.3) is 0 Å². The molecule has 0 rings (SSSR count). The zero-order valence-corrected chi connectivity index (χ0v) is 23.5. The molecule has 0 bridgehead atoms. The van der Waals surface area contributed by atoms with Crippen molar-refractivity contribution < 1.29 is 65.9 Å². The van der Waals surface area contributed by atoms with Crippen LogP contribution in [0.3, 0.4) is 0 Å². The molecule has 0 saturated carbocycles. The number of hydrogen-bond acceptors (Lipinski definition) is 15. The SMILES string of the molecule is CO.C[NH2+]CCCCC(N)C(=O)[O-].NC(CCCC[NH2+]CO)C(=O)[O-].NC(CCCC[NH3+])C(=O)[O-].O=C=O.O=O. The van der Waals surface area contributed by atoms with E-state index in [9.17, 15) is 29.7 Å². The number of carbonyl (C=O) groups is 3. The molecule has 0 aliphatic rings. The molecule has 18 nitrogen and oxygen atoms in total. The highest BCUT2D eigenvalue weighted by atomic mass is 16.7. The minimum Gasteiger partial charge on any atom is -0.548 e. The van der Waals surface area contributed by atoms with E-state index in [4.69, 9.17) is 46.9 Å². The zero-order valence-electron chi connectivity index (χ0n) is 23.5. The second-order valence-corrected chi connectivity index (χ2v) is 7.66. The first-order chi connectivity index (χ1) is 19.0. The van der Waals surface area contributed by atoms with Crippen LogP contribution in [0.15, 0.2) is 0 Å². The second kappa shape index (κ2) is 46.0. The molecule has 15 N–H and O–H groups in total. The fourth-order valence-corrected chi connectivity index (χ4v) is 2.35. The highest BCUT2D eigenvalue weighted by Crippen LogP contribution is 1.97. The second-order valence-electron chi connectivity index (χ2n) is 7.66. The largest absolute Gasteiger partial charge is 0.548 e. The van der Waals surface area contributed by atoms with Crippen LogP contribution in [-0.2, 0) is 24.0 Å². The Hall–Kier alpha value is -2.93. The van der Waals surface area contributed by atoms with E-state index in [0.717, 1.165) is 65.3 Å². The van der Waals surface area contributed by atoms with Crippen LogP contribution in [0.4, 0.5) is 0 Å². The third-order valence-corrected chi connectivity index (χ3v) is 4.48. The summed E-state index contributed by atoms with van der Waals surface area (Å²) in [6, 6.07) is -2.43. The number of carboxylic acid groups (broad SMARTS) is 3. The smallest absolute Gasteiger partial charge is 0.373 e. The maximum atomic E-state index is 10.1. The predicted octanol–water partition coefficient (Wildman–Crippen LogP) is -9.26. The minimum atomic E-state index is -1.19. The molecule has 0 aliphatic carbocycles. The van der Waals surface area contributed by atoms with Gasteiger partial charge in [0.2, 0.25) is 0 Å². The maximum Gasteiger partial charge on any atom is 0.373 e. The number of carbonyl (C=O) groups excluding carboxylic acids is 5. The number of aliphatic carboxylic acids is 3. The van der Waals surface area contributed by atoms with Gasteiger partial charge in [-0.1, -0.05) is 0 Å². The van der Waals surface area contributed by atoms with Crippen molar-refractivity contribution in [1.29, 1.82) is 0 Å². The van der Waals surface area contributed by atoms with Crippen molar-refractivity contribution in [2.45, 2.75) is 75.9 Å². The molecule has 18 heteroatoms. The lowest BCUT2D eigenvalue weighted by Gasteiger charge is -2.11. The van der Waals surface area contributed by atoms with E-state index in [-0.39, 0.29) is 12.9 Å². The van der Waals surface area contributed by atoms with Gasteiger partial charge in [0, 0.05) is 35.2 Å². The number of carboxylic acids is 3. The Morgan fingerprint density at radius 3 is 1.30 bits per heavy atom. The van der Waals surface area contributed by atoms with Gasteiger partial charge in [-0.3, -0.25) is 0 Å². The van der Waals surface area contributed by atoms with E-state index in [1.165, 1.54) is 0 Å². The minimum absolute atomic E-state index is 0.0759. The molecule has 0 aromatic heterocycles. The molecule has 0 fully saturated rings. The molecule has 0 aromatic carbocycles. The van der Waals surface area contributed by atoms with E-state index >= 15 is 0 Å². The lowest BCUT2D eigenvalue weighted by molar-refractivity contribution is -0.684. The Bertz CT molecular complexity index is 584. The van der Waals surface area contributed by atoms with Crippen LogP contribution < -0.4 is 48.9 Å². The number of quaternary nitrogens is 3. The molecule has 40 heavy (non-hydrogen) atoms. The molecule has 0 heterocycles. The van der Waals surface area contributed by atoms with E-state index < -0.39 is 36.0 Å². The van der Waals surface area contributed by atoms with Gasteiger partial charge in [-0.2, -0.15) is 9.59 Å². The molecule has 3 unspecified atom stereocenters. The van der Waals surface area contributed by atoms with Crippen molar-refractivity contribution in [3.63, 3.8) is 0 Å². The predicted molar refractivity (Wildman–Crippen MR) is 135 cm³/mol. The molecule has 0 aliphatic heterocycles. The average molecular weight is 591 g/mol.